The van der Waals surface area contributed by atoms with Crippen LogP contribution in [0, 0.1) is 12.8 Å². The normalized spacial score (nSPS) is 25.8. The molecule has 2 aliphatic heterocycles. The Hall–Kier alpha value is -2.28. The van der Waals surface area contributed by atoms with Crippen LogP contribution in [0.4, 0.5) is 0 Å². The van der Waals surface area contributed by atoms with Crippen LogP contribution in [0.5, 0.6) is 0 Å². The highest BCUT2D eigenvalue weighted by Gasteiger charge is 2.41. The largest absolute Gasteiger partial charge is 0.367 e. The van der Waals surface area contributed by atoms with Gasteiger partial charge >= 0.3 is 0 Å². The van der Waals surface area contributed by atoms with Crippen molar-refractivity contribution in [3.05, 3.63) is 41.7 Å². The fourth-order valence-electron chi connectivity index (χ4n) is 3.92. The fraction of sp³-hybridized carbons (Fsp3) is 0.556. The smallest absolute Gasteiger partial charge is 0.272 e. The third-order valence-electron chi connectivity index (χ3n) is 5.19. The van der Waals surface area contributed by atoms with E-state index >= 15 is 0 Å². The molecule has 0 N–H and O–H groups in total. The van der Waals surface area contributed by atoms with Crippen molar-refractivity contribution >= 4 is 5.91 Å². The number of aryl methyl sites for hydroxylation is 2. The van der Waals surface area contributed by atoms with Gasteiger partial charge in [-0.25, -0.2) is 9.97 Å². The number of carbonyl (C=O) groups excluding carboxylic acids is 1. The Kier molecular flexibility index (Phi) is 4.25. The highest BCUT2D eigenvalue weighted by atomic mass is 16.5. The first kappa shape index (κ1) is 16.2. The second kappa shape index (κ2) is 6.55. The number of ether oxygens (including phenoxy) is 1. The summed E-state index contributed by atoms with van der Waals surface area (Å²) in [6.07, 6.45) is 5.34. The van der Waals surface area contributed by atoms with Crippen molar-refractivity contribution in [3.8, 4) is 0 Å². The van der Waals surface area contributed by atoms with Crippen molar-refractivity contribution < 1.29 is 9.53 Å². The molecule has 1 amide bonds. The van der Waals surface area contributed by atoms with Gasteiger partial charge in [-0.3, -0.25) is 9.48 Å². The minimum Gasteiger partial charge on any atom is -0.367 e. The summed E-state index contributed by atoms with van der Waals surface area (Å²) >= 11 is 0. The van der Waals surface area contributed by atoms with Crippen LogP contribution in [0.1, 0.15) is 47.7 Å². The predicted octanol–water partition coefficient (Wildman–Crippen LogP) is 1.99. The molecular weight excluding hydrogens is 318 g/mol. The summed E-state index contributed by atoms with van der Waals surface area (Å²) in [5.41, 5.74) is 2.48. The molecule has 0 aromatic carbocycles. The Morgan fingerprint density at radius 3 is 3.08 bits per heavy atom. The Morgan fingerprint density at radius 2 is 2.32 bits per heavy atom. The molecule has 132 valence electrons. The number of hydrogen-bond acceptors (Lipinski definition) is 5. The molecule has 0 radical (unpaired) electrons. The Labute approximate surface area is 147 Å². The van der Waals surface area contributed by atoms with Gasteiger partial charge in [-0.15, -0.1) is 0 Å². The van der Waals surface area contributed by atoms with Crippen molar-refractivity contribution in [2.75, 3.05) is 13.1 Å². The molecule has 7 heteroatoms. The second-order valence-electron chi connectivity index (χ2n) is 6.82. The van der Waals surface area contributed by atoms with E-state index in [9.17, 15) is 4.79 Å². The van der Waals surface area contributed by atoms with E-state index in [-0.39, 0.29) is 18.1 Å². The molecule has 0 aliphatic carbocycles. The maximum absolute atomic E-state index is 12.9. The third kappa shape index (κ3) is 3.04. The second-order valence-corrected chi connectivity index (χ2v) is 6.82. The number of carbonyl (C=O) groups is 1. The lowest BCUT2D eigenvalue weighted by Gasteiger charge is -2.34. The van der Waals surface area contributed by atoms with E-state index in [0.29, 0.717) is 24.7 Å². The molecule has 2 saturated heterocycles. The molecule has 2 fully saturated rings. The highest BCUT2D eigenvalue weighted by molar-refractivity contribution is 5.92. The number of nitrogens with zero attached hydrogens (tertiary/aromatic N) is 5. The van der Waals surface area contributed by atoms with Crippen LogP contribution >= 0.6 is 0 Å². The van der Waals surface area contributed by atoms with E-state index in [2.05, 4.69) is 15.1 Å². The molecular formula is C18H23N5O2. The minimum absolute atomic E-state index is 0.0106. The SMILES string of the molecule is CCn1nc(C)cc1C(=O)N1CC[C@@H]2C[C@H](c3ccncn3)O[C@H]2C1. The first-order chi connectivity index (χ1) is 12.2. The first-order valence-electron chi connectivity index (χ1n) is 8.90. The Morgan fingerprint density at radius 1 is 1.44 bits per heavy atom. The Bertz CT molecular complexity index is 760. The van der Waals surface area contributed by atoms with Gasteiger partial charge in [0, 0.05) is 25.8 Å². The van der Waals surface area contributed by atoms with Crippen molar-refractivity contribution in [2.24, 2.45) is 5.92 Å². The van der Waals surface area contributed by atoms with Crippen molar-refractivity contribution in [1.82, 2.24) is 24.6 Å². The summed E-state index contributed by atoms with van der Waals surface area (Å²) in [4.78, 5) is 23.1. The summed E-state index contributed by atoms with van der Waals surface area (Å²) in [6, 6.07) is 3.78. The third-order valence-corrected chi connectivity index (χ3v) is 5.19. The maximum atomic E-state index is 12.9. The molecule has 0 unspecified atom stereocenters. The molecule has 25 heavy (non-hydrogen) atoms. The zero-order chi connectivity index (χ0) is 17.4. The molecule has 0 bridgehead atoms. The topological polar surface area (TPSA) is 73.1 Å². The molecule has 0 saturated carbocycles. The predicted molar refractivity (Wildman–Crippen MR) is 90.9 cm³/mol. The van der Waals surface area contributed by atoms with Crippen LogP contribution in [0.3, 0.4) is 0 Å². The van der Waals surface area contributed by atoms with Crippen LogP contribution < -0.4 is 0 Å². The number of fused-ring (bicyclic) bond motifs is 1. The fourth-order valence-corrected chi connectivity index (χ4v) is 3.92. The molecule has 2 aromatic heterocycles. The van der Waals surface area contributed by atoms with Crippen molar-refractivity contribution in [3.63, 3.8) is 0 Å². The van der Waals surface area contributed by atoms with Gasteiger partial charge in [0.25, 0.3) is 5.91 Å². The molecule has 4 heterocycles. The molecule has 0 spiro atoms. The first-order valence-corrected chi connectivity index (χ1v) is 8.90. The summed E-state index contributed by atoms with van der Waals surface area (Å²) in [5.74, 6) is 0.539. The minimum atomic E-state index is 0.0106. The van der Waals surface area contributed by atoms with Gasteiger partial charge in [-0.05, 0) is 44.7 Å². The van der Waals surface area contributed by atoms with Gasteiger partial charge in [0.15, 0.2) is 0 Å². The number of amides is 1. The van der Waals surface area contributed by atoms with Gasteiger partial charge in [-0.1, -0.05) is 0 Å². The zero-order valence-corrected chi connectivity index (χ0v) is 14.6. The highest BCUT2D eigenvalue weighted by Crippen LogP contribution is 2.40. The van der Waals surface area contributed by atoms with Crippen LogP contribution in [-0.4, -0.2) is 49.7 Å². The molecule has 2 aromatic rings. The van der Waals surface area contributed by atoms with E-state index in [0.717, 1.165) is 30.8 Å². The van der Waals surface area contributed by atoms with Crippen LogP contribution in [0.25, 0.3) is 0 Å². The lowest BCUT2D eigenvalue weighted by Crippen LogP contribution is -2.45. The summed E-state index contributed by atoms with van der Waals surface area (Å²) in [5, 5.41) is 4.39. The standard InChI is InChI=1S/C18H23N5O2/c1-3-23-15(8-12(2)21-23)18(24)22-7-5-13-9-16(25-17(13)10-22)14-4-6-19-11-20-14/h4,6,8,11,13,16-17H,3,5,7,9-10H2,1-2H3/t13-,16-,17+/m1/s1. The van der Waals surface area contributed by atoms with Gasteiger partial charge in [0.2, 0.25) is 0 Å². The number of likely N-dealkylation sites (tertiary alicyclic amines) is 1. The summed E-state index contributed by atoms with van der Waals surface area (Å²) in [6.45, 7) is 6.03. The van der Waals surface area contributed by atoms with Gasteiger partial charge in [0.1, 0.15) is 18.1 Å². The molecule has 7 nitrogen and oxygen atoms in total. The summed E-state index contributed by atoms with van der Waals surface area (Å²) < 4.78 is 8.00. The number of rotatable bonds is 3. The lowest BCUT2D eigenvalue weighted by atomic mass is 9.91. The number of piperidine rings is 1. The van der Waals surface area contributed by atoms with E-state index in [4.69, 9.17) is 4.74 Å². The lowest BCUT2D eigenvalue weighted by molar-refractivity contribution is -0.00596. The molecule has 4 rings (SSSR count). The monoisotopic (exact) mass is 341 g/mol. The van der Waals surface area contributed by atoms with Crippen LogP contribution in [0.2, 0.25) is 0 Å². The summed E-state index contributed by atoms with van der Waals surface area (Å²) in [7, 11) is 0. The van der Waals surface area contributed by atoms with Crippen molar-refractivity contribution in [2.45, 2.75) is 45.4 Å². The van der Waals surface area contributed by atoms with E-state index < -0.39 is 0 Å². The number of hydrogen-bond donors (Lipinski definition) is 0. The van der Waals surface area contributed by atoms with Gasteiger partial charge < -0.3 is 9.64 Å². The zero-order valence-electron chi connectivity index (χ0n) is 14.6. The Balaban J connectivity index is 1.46. The van der Waals surface area contributed by atoms with E-state index in [1.54, 1.807) is 17.2 Å². The quantitative estimate of drug-likeness (QED) is 0.854. The van der Waals surface area contributed by atoms with E-state index in [1.165, 1.54) is 0 Å². The number of aromatic nitrogens is 4. The average molecular weight is 341 g/mol. The van der Waals surface area contributed by atoms with Crippen LogP contribution in [0.15, 0.2) is 24.7 Å². The maximum Gasteiger partial charge on any atom is 0.272 e. The van der Waals surface area contributed by atoms with Crippen molar-refractivity contribution in [1.29, 1.82) is 0 Å². The average Bonchev–Trinajstić information content (AvgIpc) is 3.24. The molecule has 2 aliphatic rings. The van der Waals surface area contributed by atoms with Gasteiger partial charge in [-0.2, -0.15) is 5.10 Å². The molecule has 3 atom stereocenters. The van der Waals surface area contributed by atoms with E-state index in [1.807, 2.05) is 30.9 Å². The van der Waals surface area contributed by atoms with Gasteiger partial charge in [0.05, 0.1) is 17.5 Å². The van der Waals surface area contributed by atoms with Crippen LogP contribution in [-0.2, 0) is 11.3 Å².